The van der Waals surface area contributed by atoms with Crippen molar-refractivity contribution in [3.8, 4) is 5.75 Å². The van der Waals surface area contributed by atoms with Crippen LogP contribution in [0.3, 0.4) is 0 Å². The maximum atomic E-state index is 13.4. The third-order valence-electron chi connectivity index (χ3n) is 7.69. The fraction of sp³-hybridized carbons (Fsp3) is 0.481. The minimum absolute atomic E-state index is 0.111. The van der Waals surface area contributed by atoms with Gasteiger partial charge in [-0.05, 0) is 45.2 Å². The van der Waals surface area contributed by atoms with Crippen LogP contribution in [0.4, 0.5) is 11.4 Å². The van der Waals surface area contributed by atoms with Crippen molar-refractivity contribution in [2.75, 3.05) is 23.3 Å². The largest absolute Gasteiger partial charge is 0.487 e. The van der Waals surface area contributed by atoms with E-state index in [-0.39, 0.29) is 23.5 Å². The molecule has 1 aromatic carbocycles. The van der Waals surface area contributed by atoms with Gasteiger partial charge in [0.05, 0.1) is 17.6 Å². The average Bonchev–Trinajstić information content (AvgIpc) is 3.56. The van der Waals surface area contributed by atoms with Gasteiger partial charge in [0.2, 0.25) is 5.91 Å². The standard InChI is InChI=1S/C27H33N7O3/c1-4-18-13-24(35)31-34(18)19-6-10-32(11-7-19)22-14-23-17(15-27(2,3)37-23)12-21(22)30-26(36)20-16-29-33-9-5-8-28-25(20)33/h5,8-9,12,14,16,18-19H,4,6-7,10-11,13,15H2,1-3H3,(H,30,36)(H,31,35). The van der Waals surface area contributed by atoms with E-state index in [4.69, 9.17) is 4.74 Å². The summed E-state index contributed by atoms with van der Waals surface area (Å²) in [4.78, 5) is 32.0. The molecule has 6 rings (SSSR count). The van der Waals surface area contributed by atoms with Crippen LogP contribution in [-0.4, -0.2) is 62.2 Å². The Morgan fingerprint density at radius 2 is 2.08 bits per heavy atom. The summed E-state index contributed by atoms with van der Waals surface area (Å²) in [6.45, 7) is 7.92. The number of rotatable bonds is 5. The topological polar surface area (TPSA) is 104 Å². The van der Waals surface area contributed by atoms with Crippen molar-refractivity contribution in [1.29, 1.82) is 0 Å². The third kappa shape index (κ3) is 4.39. The number of benzene rings is 1. The van der Waals surface area contributed by atoms with Crippen molar-refractivity contribution in [2.45, 2.75) is 70.6 Å². The van der Waals surface area contributed by atoms with E-state index in [2.05, 4.69) is 63.6 Å². The van der Waals surface area contributed by atoms with Crippen LogP contribution in [0.25, 0.3) is 5.65 Å². The van der Waals surface area contributed by atoms with Crippen LogP contribution >= 0.6 is 0 Å². The van der Waals surface area contributed by atoms with E-state index in [0.717, 1.165) is 61.5 Å². The second-order valence-electron chi connectivity index (χ2n) is 10.8. The van der Waals surface area contributed by atoms with E-state index in [1.165, 1.54) is 0 Å². The number of amides is 2. The van der Waals surface area contributed by atoms with Gasteiger partial charge in [-0.3, -0.25) is 15.0 Å². The first-order chi connectivity index (χ1) is 17.8. The Kier molecular flexibility index (Phi) is 5.78. The van der Waals surface area contributed by atoms with Gasteiger partial charge >= 0.3 is 0 Å². The molecule has 0 radical (unpaired) electrons. The summed E-state index contributed by atoms with van der Waals surface area (Å²) >= 11 is 0. The number of piperidine rings is 1. The molecule has 37 heavy (non-hydrogen) atoms. The lowest BCUT2D eigenvalue weighted by molar-refractivity contribution is -0.121. The van der Waals surface area contributed by atoms with Crippen LogP contribution in [0.1, 0.15) is 62.4 Å². The fourth-order valence-electron chi connectivity index (χ4n) is 5.89. The third-order valence-corrected chi connectivity index (χ3v) is 7.69. The summed E-state index contributed by atoms with van der Waals surface area (Å²) in [5, 5.41) is 9.59. The Morgan fingerprint density at radius 3 is 2.86 bits per heavy atom. The first-order valence-corrected chi connectivity index (χ1v) is 13.1. The summed E-state index contributed by atoms with van der Waals surface area (Å²) in [5.41, 5.74) is 6.53. The van der Waals surface area contributed by atoms with Crippen LogP contribution in [-0.2, 0) is 11.2 Å². The molecule has 10 heteroatoms. The van der Waals surface area contributed by atoms with Gasteiger partial charge in [-0.15, -0.1) is 0 Å². The summed E-state index contributed by atoms with van der Waals surface area (Å²) in [5.74, 6) is 0.740. The number of carbonyl (C=O) groups is 2. The van der Waals surface area contributed by atoms with Gasteiger partial charge in [0, 0.05) is 62.0 Å². The molecule has 5 heterocycles. The minimum atomic E-state index is -0.287. The highest BCUT2D eigenvalue weighted by molar-refractivity contribution is 6.09. The number of nitrogens with zero attached hydrogens (tertiary/aromatic N) is 5. The van der Waals surface area contributed by atoms with E-state index in [0.29, 0.717) is 23.7 Å². The van der Waals surface area contributed by atoms with E-state index in [1.54, 1.807) is 29.2 Å². The molecule has 0 aliphatic carbocycles. The molecule has 1 unspecified atom stereocenters. The monoisotopic (exact) mass is 503 g/mol. The van der Waals surface area contributed by atoms with E-state index in [1.807, 2.05) is 0 Å². The lowest BCUT2D eigenvalue weighted by atomic mass is 9.99. The molecule has 2 amide bonds. The summed E-state index contributed by atoms with van der Waals surface area (Å²) in [7, 11) is 0. The molecule has 1 atom stereocenters. The molecular formula is C27H33N7O3. The molecule has 2 N–H and O–H groups in total. The fourth-order valence-corrected chi connectivity index (χ4v) is 5.89. The van der Waals surface area contributed by atoms with Gasteiger partial charge in [0.15, 0.2) is 5.65 Å². The second kappa shape index (κ2) is 9.02. The normalized spacial score (nSPS) is 21.6. The Labute approximate surface area is 215 Å². The molecule has 10 nitrogen and oxygen atoms in total. The first kappa shape index (κ1) is 23.7. The number of nitrogens with one attached hydrogen (secondary N) is 2. The molecule has 0 spiro atoms. The van der Waals surface area contributed by atoms with Crippen molar-refractivity contribution in [3.63, 3.8) is 0 Å². The minimum Gasteiger partial charge on any atom is -0.487 e. The number of hydrogen-bond donors (Lipinski definition) is 2. The van der Waals surface area contributed by atoms with Crippen molar-refractivity contribution in [2.24, 2.45) is 0 Å². The van der Waals surface area contributed by atoms with Crippen LogP contribution in [0.2, 0.25) is 0 Å². The van der Waals surface area contributed by atoms with Crippen LogP contribution in [0.5, 0.6) is 5.75 Å². The number of ether oxygens (including phenoxy) is 1. The van der Waals surface area contributed by atoms with Gasteiger partial charge in [0.1, 0.15) is 16.9 Å². The summed E-state index contributed by atoms with van der Waals surface area (Å²) in [6.07, 6.45) is 9.13. The van der Waals surface area contributed by atoms with Gasteiger partial charge in [0.25, 0.3) is 5.91 Å². The summed E-state index contributed by atoms with van der Waals surface area (Å²) in [6, 6.07) is 6.47. The highest BCUT2D eigenvalue weighted by Crippen LogP contribution is 2.42. The van der Waals surface area contributed by atoms with Gasteiger partial charge in [-0.2, -0.15) is 5.10 Å². The zero-order valence-electron chi connectivity index (χ0n) is 21.5. The van der Waals surface area contributed by atoms with Gasteiger partial charge in [-0.25, -0.2) is 14.5 Å². The lowest BCUT2D eigenvalue weighted by Crippen LogP contribution is -2.51. The molecule has 3 aliphatic rings. The van der Waals surface area contributed by atoms with E-state index < -0.39 is 0 Å². The molecular weight excluding hydrogens is 470 g/mol. The highest BCUT2D eigenvalue weighted by Gasteiger charge is 2.37. The Balaban J connectivity index is 1.26. The first-order valence-electron chi connectivity index (χ1n) is 13.1. The number of hydrazine groups is 1. The molecule has 2 saturated heterocycles. The molecule has 2 aromatic heterocycles. The predicted molar refractivity (Wildman–Crippen MR) is 140 cm³/mol. The molecule has 2 fully saturated rings. The molecule has 3 aromatic rings. The Hall–Kier alpha value is -3.66. The smallest absolute Gasteiger partial charge is 0.261 e. The van der Waals surface area contributed by atoms with Crippen molar-refractivity contribution in [1.82, 2.24) is 25.0 Å². The Bertz CT molecular complexity index is 1360. The number of hydrogen-bond acceptors (Lipinski definition) is 7. The molecule has 0 bridgehead atoms. The lowest BCUT2D eigenvalue weighted by Gasteiger charge is -2.40. The zero-order chi connectivity index (χ0) is 25.7. The maximum Gasteiger partial charge on any atom is 0.261 e. The van der Waals surface area contributed by atoms with Gasteiger partial charge in [-0.1, -0.05) is 6.92 Å². The number of carbonyl (C=O) groups excluding carboxylic acids is 2. The molecule has 194 valence electrons. The van der Waals surface area contributed by atoms with Crippen molar-refractivity contribution in [3.05, 3.63) is 47.9 Å². The Morgan fingerprint density at radius 1 is 1.27 bits per heavy atom. The predicted octanol–water partition coefficient (Wildman–Crippen LogP) is 3.18. The van der Waals surface area contributed by atoms with Crippen molar-refractivity contribution >= 4 is 28.8 Å². The highest BCUT2D eigenvalue weighted by atomic mass is 16.5. The number of aromatic nitrogens is 3. The van der Waals surface area contributed by atoms with Crippen LogP contribution in [0.15, 0.2) is 36.8 Å². The maximum absolute atomic E-state index is 13.4. The van der Waals surface area contributed by atoms with E-state index in [9.17, 15) is 9.59 Å². The second-order valence-corrected chi connectivity index (χ2v) is 10.8. The van der Waals surface area contributed by atoms with Gasteiger partial charge < -0.3 is 15.0 Å². The van der Waals surface area contributed by atoms with Crippen LogP contribution < -0.4 is 20.4 Å². The van der Waals surface area contributed by atoms with Crippen LogP contribution in [0, 0.1) is 0 Å². The number of anilines is 2. The average molecular weight is 504 g/mol. The summed E-state index contributed by atoms with van der Waals surface area (Å²) < 4.78 is 7.84. The van der Waals surface area contributed by atoms with Crippen molar-refractivity contribution < 1.29 is 14.3 Å². The quantitative estimate of drug-likeness (QED) is 0.551. The van der Waals surface area contributed by atoms with E-state index >= 15 is 0 Å². The number of fused-ring (bicyclic) bond motifs is 2. The zero-order valence-corrected chi connectivity index (χ0v) is 21.5. The molecule has 0 saturated carbocycles. The molecule has 3 aliphatic heterocycles. The SMILES string of the molecule is CCC1CC(=O)NN1C1CCN(c2cc3c(cc2NC(=O)c2cnn4cccnc24)CC(C)(C)O3)CC1.